The topological polar surface area (TPSA) is 87.4 Å². The summed E-state index contributed by atoms with van der Waals surface area (Å²) in [4.78, 5) is 0. The normalized spacial score (nSPS) is 40.0. The van der Waals surface area contributed by atoms with Crippen LogP contribution in [0.1, 0.15) is 25.7 Å². The number of nitrogens with zero attached hydrogens (tertiary/aromatic N) is 1. The van der Waals surface area contributed by atoms with Gasteiger partial charge in [-0.05, 0) is 24.7 Å². The van der Waals surface area contributed by atoms with Crippen LogP contribution in [0, 0.1) is 29.1 Å². The molecule has 2 saturated carbocycles. The van der Waals surface area contributed by atoms with Crippen molar-refractivity contribution in [1.29, 1.82) is 5.26 Å². The number of alkyl halides is 2. The minimum atomic E-state index is -3.91. The maximum absolute atomic E-state index is 13.5. The van der Waals surface area contributed by atoms with Gasteiger partial charge in [0.1, 0.15) is 0 Å². The minimum absolute atomic E-state index is 0.0813. The quantitative estimate of drug-likeness (QED) is 0.794. The van der Waals surface area contributed by atoms with Gasteiger partial charge in [0.05, 0.1) is 18.9 Å². The summed E-state index contributed by atoms with van der Waals surface area (Å²) in [6, 6.07) is 1.81. The lowest BCUT2D eigenvalue weighted by Gasteiger charge is -2.34. The zero-order chi connectivity index (χ0) is 15.2. The van der Waals surface area contributed by atoms with Crippen molar-refractivity contribution in [3.05, 3.63) is 0 Å². The number of halogens is 2. The molecule has 0 heterocycles. The fourth-order valence-corrected chi connectivity index (χ4v) is 4.46. The molecule has 2 aliphatic carbocycles. The molecule has 0 aromatic carbocycles. The van der Waals surface area contributed by atoms with Gasteiger partial charge in [0.25, 0.3) is 10.1 Å². The number of rotatable bonds is 3. The lowest BCUT2D eigenvalue weighted by Crippen LogP contribution is -2.41. The van der Waals surface area contributed by atoms with Gasteiger partial charge in [-0.3, -0.25) is 0 Å². The Morgan fingerprint density at radius 2 is 2.10 bits per heavy atom. The third kappa shape index (κ3) is 2.80. The molecular weight excluding hydrogens is 292 g/mol. The van der Waals surface area contributed by atoms with Crippen molar-refractivity contribution >= 4 is 10.1 Å². The monoisotopic (exact) mass is 309 g/mol. The van der Waals surface area contributed by atoms with E-state index in [-0.39, 0.29) is 31.6 Å². The molecule has 0 aromatic heterocycles. The number of aliphatic hydroxyl groups excluding tert-OH is 1. The van der Waals surface area contributed by atoms with Crippen LogP contribution in [0.4, 0.5) is 8.78 Å². The maximum atomic E-state index is 13.5. The second-order valence-corrected chi connectivity index (χ2v) is 7.38. The molecule has 2 rings (SSSR count). The van der Waals surface area contributed by atoms with Gasteiger partial charge in [-0.25, -0.2) is 13.0 Å². The van der Waals surface area contributed by atoms with Crippen LogP contribution in [0.2, 0.25) is 0 Å². The van der Waals surface area contributed by atoms with E-state index in [1.165, 1.54) is 0 Å². The second-order valence-electron chi connectivity index (χ2n) is 5.80. The number of hydrogen-bond acceptors (Lipinski definition) is 5. The third-order valence-electron chi connectivity index (χ3n) is 4.38. The largest absolute Gasteiger partial charge is 0.396 e. The van der Waals surface area contributed by atoms with E-state index in [1.807, 2.05) is 6.07 Å². The van der Waals surface area contributed by atoms with Crippen molar-refractivity contribution in [2.24, 2.45) is 17.8 Å². The Bertz CT molecular complexity index is 530. The van der Waals surface area contributed by atoms with E-state index >= 15 is 0 Å². The zero-order valence-electron chi connectivity index (χ0n) is 11.1. The lowest BCUT2D eigenvalue weighted by atomic mass is 9.76. The Morgan fingerprint density at radius 3 is 2.60 bits per heavy atom. The summed E-state index contributed by atoms with van der Waals surface area (Å²) < 4.78 is 54.5. The highest BCUT2D eigenvalue weighted by Crippen LogP contribution is 2.55. The predicted molar refractivity (Wildman–Crippen MR) is 65.2 cm³/mol. The van der Waals surface area contributed by atoms with Gasteiger partial charge in [0, 0.05) is 18.8 Å². The molecule has 0 radical (unpaired) electrons. The molecule has 0 bridgehead atoms. The summed E-state index contributed by atoms with van der Waals surface area (Å²) in [5.41, 5.74) is -1.72. The summed E-state index contributed by atoms with van der Waals surface area (Å²) in [7, 11) is -3.91. The van der Waals surface area contributed by atoms with Crippen molar-refractivity contribution in [1.82, 2.24) is 0 Å². The van der Waals surface area contributed by atoms with Crippen molar-refractivity contribution in [3.8, 4) is 6.07 Å². The third-order valence-corrected chi connectivity index (χ3v) is 4.98. The molecule has 0 saturated heterocycles. The summed E-state index contributed by atoms with van der Waals surface area (Å²) in [5, 5.41) is 18.8. The molecule has 4 atom stereocenters. The summed E-state index contributed by atoms with van der Waals surface area (Å²) in [5.74, 6) is -4.35. The number of aliphatic hydroxyl groups is 1. The molecule has 8 heteroatoms. The van der Waals surface area contributed by atoms with E-state index in [4.69, 9.17) is 4.18 Å². The Kier molecular flexibility index (Phi) is 3.82. The van der Waals surface area contributed by atoms with Crippen molar-refractivity contribution in [2.45, 2.75) is 37.2 Å². The Labute approximate surface area is 116 Å². The van der Waals surface area contributed by atoms with Crippen LogP contribution >= 0.6 is 0 Å². The van der Waals surface area contributed by atoms with Crippen LogP contribution in [0.3, 0.4) is 0 Å². The first-order valence-electron chi connectivity index (χ1n) is 6.43. The van der Waals surface area contributed by atoms with Gasteiger partial charge in [0.15, 0.2) is 5.60 Å². The van der Waals surface area contributed by atoms with Crippen LogP contribution in [-0.2, 0) is 14.3 Å². The second kappa shape index (κ2) is 4.90. The SMILES string of the molecule is CS(=O)(=O)OC1(C#N)CC2CC(F)(F)CCC2C1CO. The molecule has 5 nitrogen and oxygen atoms in total. The number of hydrogen-bond donors (Lipinski definition) is 1. The molecule has 0 amide bonds. The molecule has 0 spiro atoms. The minimum Gasteiger partial charge on any atom is -0.396 e. The average Bonchev–Trinajstić information content (AvgIpc) is 2.57. The van der Waals surface area contributed by atoms with E-state index in [0.717, 1.165) is 6.26 Å². The summed E-state index contributed by atoms with van der Waals surface area (Å²) in [6.07, 6.45) is 0.217. The van der Waals surface area contributed by atoms with Gasteiger partial charge >= 0.3 is 0 Å². The Hall–Kier alpha value is -0.780. The molecule has 2 fully saturated rings. The fourth-order valence-electron chi connectivity index (χ4n) is 3.69. The first kappa shape index (κ1) is 15.6. The highest BCUT2D eigenvalue weighted by Gasteiger charge is 2.60. The molecule has 0 aliphatic heterocycles. The van der Waals surface area contributed by atoms with Gasteiger partial charge in [0.2, 0.25) is 5.92 Å². The highest BCUT2D eigenvalue weighted by molar-refractivity contribution is 7.86. The van der Waals surface area contributed by atoms with Gasteiger partial charge in [-0.1, -0.05) is 0 Å². The van der Waals surface area contributed by atoms with Gasteiger partial charge in [-0.15, -0.1) is 0 Å². The lowest BCUT2D eigenvalue weighted by molar-refractivity contribution is -0.0702. The molecular formula is C12H17F2NO4S. The predicted octanol–water partition coefficient (Wildman–Crippen LogP) is 1.29. The highest BCUT2D eigenvalue weighted by atomic mass is 32.2. The molecule has 2 aliphatic rings. The van der Waals surface area contributed by atoms with Crippen LogP contribution in [-0.4, -0.2) is 37.9 Å². The maximum Gasteiger partial charge on any atom is 0.265 e. The van der Waals surface area contributed by atoms with E-state index in [2.05, 4.69) is 0 Å². The first-order chi connectivity index (χ1) is 9.12. The van der Waals surface area contributed by atoms with E-state index < -0.39 is 40.1 Å². The summed E-state index contributed by atoms with van der Waals surface area (Å²) >= 11 is 0. The standard InChI is InChI=1S/C12H17F2NO4S/c1-20(17,18)19-11(7-15)4-8-5-12(13,14)3-2-9(8)10(11)6-16/h8-10,16H,2-6H2,1H3. The number of fused-ring (bicyclic) bond motifs is 1. The molecule has 114 valence electrons. The van der Waals surface area contributed by atoms with Crippen LogP contribution in [0.5, 0.6) is 0 Å². The number of nitriles is 1. The van der Waals surface area contributed by atoms with E-state index in [0.29, 0.717) is 0 Å². The Balaban J connectivity index is 2.33. The van der Waals surface area contributed by atoms with E-state index in [1.54, 1.807) is 0 Å². The Morgan fingerprint density at radius 1 is 1.45 bits per heavy atom. The van der Waals surface area contributed by atoms with Crippen molar-refractivity contribution in [2.75, 3.05) is 12.9 Å². The van der Waals surface area contributed by atoms with E-state index in [9.17, 15) is 27.6 Å². The molecule has 1 N–H and O–H groups in total. The molecule has 4 unspecified atom stereocenters. The smallest absolute Gasteiger partial charge is 0.265 e. The van der Waals surface area contributed by atoms with Crippen LogP contribution < -0.4 is 0 Å². The molecule has 0 aromatic rings. The zero-order valence-corrected chi connectivity index (χ0v) is 11.9. The van der Waals surface area contributed by atoms with Crippen molar-refractivity contribution in [3.63, 3.8) is 0 Å². The first-order valence-corrected chi connectivity index (χ1v) is 8.25. The average molecular weight is 309 g/mol. The van der Waals surface area contributed by atoms with Gasteiger partial charge < -0.3 is 5.11 Å². The van der Waals surface area contributed by atoms with Crippen molar-refractivity contribution < 1.29 is 26.5 Å². The van der Waals surface area contributed by atoms with Crippen LogP contribution in [0.15, 0.2) is 0 Å². The van der Waals surface area contributed by atoms with Crippen LogP contribution in [0.25, 0.3) is 0 Å². The van der Waals surface area contributed by atoms with Gasteiger partial charge in [-0.2, -0.15) is 13.7 Å². The fraction of sp³-hybridized carbons (Fsp3) is 0.917. The molecule has 20 heavy (non-hydrogen) atoms. The summed E-state index contributed by atoms with van der Waals surface area (Å²) in [6.45, 7) is -0.449.